The van der Waals surface area contributed by atoms with Crippen molar-refractivity contribution in [2.45, 2.75) is 27.3 Å². The molecule has 2 heterocycles. The van der Waals surface area contributed by atoms with E-state index in [1.807, 2.05) is 12.1 Å². The molecular weight excluding hydrogens is 226 g/mol. The highest BCUT2D eigenvalue weighted by Gasteiger charge is 2.18. The van der Waals surface area contributed by atoms with Crippen molar-refractivity contribution in [3.8, 4) is 0 Å². The zero-order valence-electron chi connectivity index (χ0n) is 11.4. The third-order valence-electron chi connectivity index (χ3n) is 2.84. The lowest BCUT2D eigenvalue weighted by Gasteiger charge is -2.18. The van der Waals surface area contributed by atoms with Crippen LogP contribution in [0.1, 0.15) is 26.5 Å². The zero-order valence-corrected chi connectivity index (χ0v) is 11.4. The molecule has 0 atom stereocenters. The summed E-state index contributed by atoms with van der Waals surface area (Å²) in [6.45, 7) is 10.7. The Morgan fingerprint density at radius 2 is 2.06 bits per heavy atom. The van der Waals surface area contributed by atoms with Gasteiger partial charge in [0.15, 0.2) is 5.65 Å². The van der Waals surface area contributed by atoms with Gasteiger partial charge in [-0.05, 0) is 23.6 Å². The van der Waals surface area contributed by atoms with E-state index >= 15 is 0 Å². The van der Waals surface area contributed by atoms with E-state index in [1.54, 1.807) is 22.3 Å². The van der Waals surface area contributed by atoms with Gasteiger partial charge in [-0.3, -0.25) is 9.13 Å². The molecule has 18 heavy (non-hydrogen) atoms. The first-order valence-electron chi connectivity index (χ1n) is 6.02. The molecule has 0 fully saturated rings. The number of fused-ring (bicyclic) bond motifs is 1. The third kappa shape index (κ3) is 2.10. The highest BCUT2D eigenvalue weighted by molar-refractivity contribution is 5.73. The van der Waals surface area contributed by atoms with E-state index in [2.05, 4.69) is 32.3 Å². The fraction of sp³-hybridized carbons (Fsp3) is 0.429. The molecule has 0 bridgehead atoms. The lowest BCUT2D eigenvalue weighted by Crippen LogP contribution is -2.27. The van der Waals surface area contributed by atoms with Crippen LogP contribution in [0.2, 0.25) is 0 Å². The van der Waals surface area contributed by atoms with Crippen LogP contribution in [-0.2, 0) is 13.6 Å². The fourth-order valence-corrected chi connectivity index (χ4v) is 2.03. The van der Waals surface area contributed by atoms with Gasteiger partial charge in [0.1, 0.15) is 0 Å². The molecule has 2 aromatic heterocycles. The van der Waals surface area contributed by atoms with Gasteiger partial charge < -0.3 is 0 Å². The topological polar surface area (TPSA) is 39.8 Å². The number of pyridine rings is 1. The molecule has 0 aliphatic rings. The van der Waals surface area contributed by atoms with Crippen molar-refractivity contribution in [3.05, 3.63) is 34.9 Å². The highest BCUT2D eigenvalue weighted by Crippen LogP contribution is 2.19. The molecule has 4 nitrogen and oxygen atoms in total. The molecule has 0 aromatic carbocycles. The molecule has 0 unspecified atom stereocenters. The van der Waals surface area contributed by atoms with Crippen LogP contribution in [0.3, 0.4) is 0 Å². The second-order valence-electron chi connectivity index (χ2n) is 5.77. The van der Waals surface area contributed by atoms with Crippen LogP contribution in [0.25, 0.3) is 17.2 Å². The monoisotopic (exact) mass is 245 g/mol. The third-order valence-corrected chi connectivity index (χ3v) is 2.84. The van der Waals surface area contributed by atoms with Crippen molar-refractivity contribution < 1.29 is 0 Å². The van der Waals surface area contributed by atoms with Crippen molar-refractivity contribution in [1.82, 2.24) is 14.1 Å². The summed E-state index contributed by atoms with van der Waals surface area (Å²) in [7, 11) is 1.75. The van der Waals surface area contributed by atoms with Crippen molar-refractivity contribution >= 4 is 17.2 Å². The minimum absolute atomic E-state index is 0.0198. The molecule has 4 heteroatoms. The molecule has 2 aromatic rings. The maximum atomic E-state index is 12.2. The minimum Gasteiger partial charge on any atom is -0.290 e. The van der Waals surface area contributed by atoms with Crippen LogP contribution in [0.4, 0.5) is 0 Å². The summed E-state index contributed by atoms with van der Waals surface area (Å²) in [6.07, 6.45) is 1.69. The molecular formula is C14H19N3O. The van der Waals surface area contributed by atoms with Crippen LogP contribution in [0, 0.1) is 5.41 Å². The number of imidazole rings is 1. The lowest BCUT2D eigenvalue weighted by molar-refractivity contribution is 0.342. The molecule has 0 spiro atoms. The molecule has 2 rings (SSSR count). The second-order valence-corrected chi connectivity index (χ2v) is 5.77. The van der Waals surface area contributed by atoms with E-state index in [0.29, 0.717) is 12.2 Å². The number of aryl methyl sites for hydroxylation is 1. The Kier molecular flexibility index (Phi) is 2.89. The SMILES string of the molecule is C=Cc1ccc2c(n1)n(C)c(=O)n2CC(C)(C)C. The summed E-state index contributed by atoms with van der Waals surface area (Å²) in [6, 6.07) is 3.82. The predicted octanol–water partition coefficient (Wildman–Crippen LogP) is 2.42. The van der Waals surface area contributed by atoms with E-state index < -0.39 is 0 Å². The Morgan fingerprint density at radius 3 is 2.61 bits per heavy atom. The summed E-state index contributed by atoms with van der Waals surface area (Å²) in [4.78, 5) is 16.7. The smallest absolute Gasteiger partial charge is 0.290 e. The molecule has 0 aliphatic heterocycles. The number of nitrogens with zero attached hydrogens (tertiary/aromatic N) is 3. The van der Waals surface area contributed by atoms with E-state index in [9.17, 15) is 4.79 Å². The van der Waals surface area contributed by atoms with Crippen molar-refractivity contribution in [2.75, 3.05) is 0 Å². The number of hydrogen-bond donors (Lipinski definition) is 0. The first-order chi connectivity index (χ1) is 8.33. The van der Waals surface area contributed by atoms with E-state index in [1.165, 1.54) is 0 Å². The van der Waals surface area contributed by atoms with Gasteiger partial charge >= 0.3 is 5.69 Å². The molecule has 0 aliphatic carbocycles. The van der Waals surface area contributed by atoms with Crippen LogP contribution in [0.5, 0.6) is 0 Å². The number of aromatic nitrogens is 3. The largest absolute Gasteiger partial charge is 0.330 e. The predicted molar refractivity (Wildman–Crippen MR) is 74.5 cm³/mol. The van der Waals surface area contributed by atoms with Crippen LogP contribution in [0.15, 0.2) is 23.5 Å². The van der Waals surface area contributed by atoms with Gasteiger partial charge in [-0.1, -0.05) is 27.4 Å². The number of rotatable bonds is 2. The Balaban J connectivity index is 2.71. The maximum Gasteiger partial charge on any atom is 0.330 e. The van der Waals surface area contributed by atoms with Crippen LogP contribution in [-0.4, -0.2) is 14.1 Å². The van der Waals surface area contributed by atoms with Gasteiger partial charge in [-0.15, -0.1) is 0 Å². The van der Waals surface area contributed by atoms with Crippen LogP contribution >= 0.6 is 0 Å². The Hall–Kier alpha value is -1.84. The average Bonchev–Trinajstić information content (AvgIpc) is 2.52. The highest BCUT2D eigenvalue weighted by atomic mass is 16.1. The second kappa shape index (κ2) is 4.12. The number of hydrogen-bond acceptors (Lipinski definition) is 2. The summed E-state index contributed by atoms with van der Waals surface area (Å²) in [5.74, 6) is 0. The van der Waals surface area contributed by atoms with Crippen molar-refractivity contribution in [1.29, 1.82) is 0 Å². The Labute approximate surface area is 107 Å². The Morgan fingerprint density at radius 1 is 1.39 bits per heavy atom. The normalized spacial score (nSPS) is 12.0. The standard InChI is InChI=1S/C14H19N3O/c1-6-10-7-8-11-12(15-10)16(5)13(18)17(11)9-14(2,3)4/h6-8H,1,9H2,2-5H3. The molecule has 0 radical (unpaired) electrons. The molecule has 0 amide bonds. The summed E-state index contributed by atoms with van der Waals surface area (Å²) < 4.78 is 3.38. The lowest BCUT2D eigenvalue weighted by atomic mass is 9.97. The molecule has 96 valence electrons. The first-order valence-corrected chi connectivity index (χ1v) is 6.02. The first kappa shape index (κ1) is 12.6. The summed E-state index contributed by atoms with van der Waals surface area (Å²) >= 11 is 0. The fourth-order valence-electron chi connectivity index (χ4n) is 2.03. The van der Waals surface area contributed by atoms with Crippen molar-refractivity contribution in [3.63, 3.8) is 0 Å². The van der Waals surface area contributed by atoms with Gasteiger partial charge in [-0.2, -0.15) is 0 Å². The molecule has 0 saturated carbocycles. The van der Waals surface area contributed by atoms with Gasteiger partial charge in [0, 0.05) is 13.6 Å². The maximum absolute atomic E-state index is 12.2. The summed E-state index contributed by atoms with van der Waals surface area (Å²) in [5.41, 5.74) is 2.40. The van der Waals surface area contributed by atoms with E-state index in [4.69, 9.17) is 0 Å². The molecule has 0 saturated heterocycles. The Bertz CT molecular complexity index is 656. The summed E-state index contributed by atoms with van der Waals surface area (Å²) in [5, 5.41) is 0. The van der Waals surface area contributed by atoms with Gasteiger partial charge in [0.2, 0.25) is 0 Å². The quantitative estimate of drug-likeness (QED) is 0.815. The van der Waals surface area contributed by atoms with Crippen LogP contribution < -0.4 is 5.69 Å². The zero-order chi connectivity index (χ0) is 13.5. The van der Waals surface area contributed by atoms with E-state index in [0.717, 1.165) is 11.2 Å². The minimum atomic E-state index is -0.0198. The van der Waals surface area contributed by atoms with Gasteiger partial charge in [0.05, 0.1) is 11.2 Å². The van der Waals surface area contributed by atoms with Gasteiger partial charge in [0.25, 0.3) is 0 Å². The molecule has 0 N–H and O–H groups in total. The van der Waals surface area contributed by atoms with Crippen molar-refractivity contribution in [2.24, 2.45) is 12.5 Å². The average molecular weight is 245 g/mol. The van der Waals surface area contributed by atoms with E-state index in [-0.39, 0.29) is 11.1 Å². The van der Waals surface area contributed by atoms with Gasteiger partial charge in [-0.25, -0.2) is 9.78 Å².